The lowest BCUT2D eigenvalue weighted by molar-refractivity contribution is -0.155. The van der Waals surface area contributed by atoms with Gasteiger partial charge in [-0.3, -0.25) is 4.79 Å². The third kappa shape index (κ3) is 7.18. The predicted molar refractivity (Wildman–Crippen MR) is 95.1 cm³/mol. The number of thioether (sulfide) groups is 1. The standard InChI is InChI=1S/C15H19ClFN3O4S/c1-8(13(21)19-9-3-4-11(17)10(16)7-9)24-14(22)12(5-6-25-2)20-15(18)23/h3-4,7-8,12H,5-6H2,1-2H3,(H,19,21)(H3,18,20,23)/t8-,12+/m0/s1. The third-order valence-electron chi connectivity index (χ3n) is 3.06. The molecule has 0 aliphatic rings. The number of hydrogen-bond acceptors (Lipinski definition) is 5. The molecule has 0 aliphatic carbocycles. The van der Waals surface area contributed by atoms with Crippen molar-refractivity contribution in [3.63, 3.8) is 0 Å². The molecule has 1 rings (SSSR count). The number of halogens is 2. The molecule has 0 aromatic heterocycles. The van der Waals surface area contributed by atoms with Gasteiger partial charge in [-0.05, 0) is 43.6 Å². The van der Waals surface area contributed by atoms with Crippen molar-refractivity contribution in [2.45, 2.75) is 25.5 Å². The van der Waals surface area contributed by atoms with Crippen molar-refractivity contribution in [3.8, 4) is 0 Å². The van der Waals surface area contributed by atoms with Gasteiger partial charge in [0.15, 0.2) is 6.10 Å². The van der Waals surface area contributed by atoms with Crippen molar-refractivity contribution in [2.24, 2.45) is 5.73 Å². The highest BCUT2D eigenvalue weighted by Crippen LogP contribution is 2.19. The molecule has 0 fully saturated rings. The Labute approximate surface area is 153 Å². The summed E-state index contributed by atoms with van der Waals surface area (Å²) in [6.45, 7) is 1.37. The van der Waals surface area contributed by atoms with Gasteiger partial charge in [0.1, 0.15) is 11.9 Å². The van der Waals surface area contributed by atoms with E-state index in [1.54, 1.807) is 0 Å². The van der Waals surface area contributed by atoms with Crippen molar-refractivity contribution in [1.82, 2.24) is 5.32 Å². The maximum atomic E-state index is 13.1. The van der Waals surface area contributed by atoms with Gasteiger partial charge in [-0.15, -0.1) is 0 Å². The zero-order valence-electron chi connectivity index (χ0n) is 13.7. The quantitative estimate of drug-likeness (QED) is 0.588. The molecule has 0 radical (unpaired) electrons. The van der Waals surface area contributed by atoms with E-state index < -0.39 is 35.9 Å². The smallest absolute Gasteiger partial charge is 0.329 e. The number of nitrogens with one attached hydrogen (secondary N) is 2. The Balaban J connectivity index is 2.65. The number of primary amides is 1. The Morgan fingerprint density at radius 3 is 2.64 bits per heavy atom. The van der Waals surface area contributed by atoms with Crippen LogP contribution in [0.2, 0.25) is 5.02 Å². The van der Waals surface area contributed by atoms with Gasteiger partial charge in [-0.2, -0.15) is 11.8 Å². The first kappa shape index (κ1) is 21.0. The van der Waals surface area contributed by atoms with E-state index >= 15 is 0 Å². The molecule has 25 heavy (non-hydrogen) atoms. The number of carbonyl (C=O) groups is 3. The van der Waals surface area contributed by atoms with Crippen LogP contribution < -0.4 is 16.4 Å². The molecule has 1 aromatic carbocycles. The Morgan fingerprint density at radius 1 is 1.40 bits per heavy atom. The van der Waals surface area contributed by atoms with E-state index in [-0.39, 0.29) is 10.7 Å². The molecule has 0 saturated heterocycles. The van der Waals surface area contributed by atoms with E-state index in [0.29, 0.717) is 12.2 Å². The second-order valence-corrected chi connectivity index (χ2v) is 6.43. The molecule has 7 nitrogen and oxygen atoms in total. The fourth-order valence-electron chi connectivity index (χ4n) is 1.78. The predicted octanol–water partition coefficient (Wildman–Crippen LogP) is 2.14. The van der Waals surface area contributed by atoms with E-state index in [9.17, 15) is 18.8 Å². The zero-order chi connectivity index (χ0) is 19.0. The van der Waals surface area contributed by atoms with Crippen molar-refractivity contribution in [1.29, 1.82) is 0 Å². The summed E-state index contributed by atoms with van der Waals surface area (Å²) in [5, 5.41) is 4.59. The van der Waals surface area contributed by atoms with Crippen molar-refractivity contribution in [3.05, 3.63) is 29.0 Å². The lowest BCUT2D eigenvalue weighted by Gasteiger charge is -2.19. The minimum Gasteiger partial charge on any atom is -0.451 e. The molecule has 0 unspecified atom stereocenters. The van der Waals surface area contributed by atoms with Crippen LogP contribution in [-0.4, -0.2) is 42.1 Å². The molecule has 0 bridgehead atoms. The highest BCUT2D eigenvalue weighted by atomic mass is 35.5. The number of hydrogen-bond donors (Lipinski definition) is 3. The van der Waals surface area contributed by atoms with Gasteiger partial charge in [0.25, 0.3) is 5.91 Å². The second kappa shape index (κ2) is 10.1. The van der Waals surface area contributed by atoms with Crippen LogP contribution >= 0.6 is 23.4 Å². The maximum Gasteiger partial charge on any atom is 0.329 e. The van der Waals surface area contributed by atoms with E-state index in [1.165, 1.54) is 30.8 Å². The van der Waals surface area contributed by atoms with Crippen molar-refractivity contribution < 1.29 is 23.5 Å². The third-order valence-corrected chi connectivity index (χ3v) is 3.99. The highest BCUT2D eigenvalue weighted by molar-refractivity contribution is 7.98. The summed E-state index contributed by atoms with van der Waals surface area (Å²) < 4.78 is 18.2. The summed E-state index contributed by atoms with van der Waals surface area (Å²) in [6.07, 6.45) is 1.02. The number of nitrogens with two attached hydrogens (primary N) is 1. The van der Waals surface area contributed by atoms with Gasteiger partial charge in [0.05, 0.1) is 5.02 Å². The molecule has 2 atom stereocenters. The topological polar surface area (TPSA) is 111 Å². The number of anilines is 1. The normalized spacial score (nSPS) is 12.8. The van der Waals surface area contributed by atoms with Gasteiger partial charge in [-0.25, -0.2) is 14.0 Å². The first-order valence-electron chi connectivity index (χ1n) is 7.26. The first-order valence-corrected chi connectivity index (χ1v) is 9.03. The molecule has 0 aliphatic heterocycles. The average Bonchev–Trinajstić information content (AvgIpc) is 2.54. The van der Waals surface area contributed by atoms with Crippen LogP contribution in [0.15, 0.2) is 18.2 Å². The molecule has 0 saturated carbocycles. The summed E-state index contributed by atoms with van der Waals surface area (Å²) in [5.41, 5.74) is 5.29. The highest BCUT2D eigenvalue weighted by Gasteiger charge is 2.25. The van der Waals surface area contributed by atoms with Crippen LogP contribution in [0.4, 0.5) is 14.9 Å². The number of urea groups is 1. The number of amides is 3. The lowest BCUT2D eigenvalue weighted by Crippen LogP contribution is -2.46. The van der Waals surface area contributed by atoms with E-state index in [4.69, 9.17) is 22.1 Å². The van der Waals surface area contributed by atoms with Gasteiger partial charge in [0.2, 0.25) is 0 Å². The monoisotopic (exact) mass is 391 g/mol. The van der Waals surface area contributed by atoms with Crippen LogP contribution in [-0.2, 0) is 14.3 Å². The summed E-state index contributed by atoms with van der Waals surface area (Å²) >= 11 is 7.12. The number of benzene rings is 1. The molecule has 1 aromatic rings. The van der Waals surface area contributed by atoms with Gasteiger partial charge < -0.3 is 21.1 Å². The summed E-state index contributed by atoms with van der Waals surface area (Å²) in [6, 6.07) is 1.86. The largest absolute Gasteiger partial charge is 0.451 e. The minimum atomic E-state index is -1.14. The molecule has 138 valence electrons. The lowest BCUT2D eigenvalue weighted by atomic mass is 10.2. The molecule has 0 spiro atoms. The van der Waals surface area contributed by atoms with E-state index in [1.807, 2.05) is 6.26 Å². The van der Waals surface area contributed by atoms with Crippen molar-refractivity contribution in [2.75, 3.05) is 17.3 Å². The van der Waals surface area contributed by atoms with Crippen LogP contribution in [0.3, 0.4) is 0 Å². The minimum absolute atomic E-state index is 0.148. The molecule has 0 heterocycles. The van der Waals surface area contributed by atoms with Crippen LogP contribution in [0, 0.1) is 5.82 Å². The Bertz CT molecular complexity index is 647. The zero-order valence-corrected chi connectivity index (χ0v) is 15.2. The Kier molecular flexibility index (Phi) is 8.50. The van der Waals surface area contributed by atoms with Crippen molar-refractivity contribution >= 4 is 47.0 Å². The number of esters is 1. The average molecular weight is 392 g/mol. The number of rotatable bonds is 8. The number of carbonyl (C=O) groups excluding carboxylic acids is 3. The molecule has 3 amide bonds. The summed E-state index contributed by atoms with van der Waals surface area (Å²) in [5.74, 6) is -1.42. The molecular weight excluding hydrogens is 373 g/mol. The van der Waals surface area contributed by atoms with Crippen LogP contribution in [0.5, 0.6) is 0 Å². The summed E-state index contributed by atoms with van der Waals surface area (Å²) in [4.78, 5) is 35.1. The fraction of sp³-hybridized carbons (Fsp3) is 0.400. The van der Waals surface area contributed by atoms with Crippen LogP contribution in [0.25, 0.3) is 0 Å². The SMILES string of the molecule is CSCC[C@@H](NC(N)=O)C(=O)O[C@@H](C)C(=O)Nc1ccc(F)c(Cl)c1. The molecular formula is C15H19ClFN3O4S. The Morgan fingerprint density at radius 2 is 2.08 bits per heavy atom. The van der Waals surface area contributed by atoms with Crippen LogP contribution in [0.1, 0.15) is 13.3 Å². The van der Waals surface area contributed by atoms with Gasteiger partial charge >= 0.3 is 12.0 Å². The Hall–Kier alpha value is -2.00. The first-order chi connectivity index (χ1) is 11.7. The fourth-order valence-corrected chi connectivity index (χ4v) is 2.44. The molecule has 4 N–H and O–H groups in total. The second-order valence-electron chi connectivity index (χ2n) is 5.04. The molecule has 10 heteroatoms. The number of ether oxygens (including phenoxy) is 1. The van der Waals surface area contributed by atoms with E-state index in [0.717, 1.165) is 6.07 Å². The van der Waals surface area contributed by atoms with Gasteiger partial charge in [-0.1, -0.05) is 11.6 Å². The summed E-state index contributed by atoms with van der Waals surface area (Å²) in [7, 11) is 0. The van der Waals surface area contributed by atoms with Gasteiger partial charge in [0, 0.05) is 5.69 Å². The van der Waals surface area contributed by atoms with E-state index in [2.05, 4.69) is 10.6 Å². The maximum absolute atomic E-state index is 13.1.